The number of nitrogens with zero attached hydrogens (tertiary/aromatic N) is 3. The molecule has 0 saturated carbocycles. The Morgan fingerprint density at radius 2 is 2.22 bits per heavy atom. The van der Waals surface area contributed by atoms with E-state index in [0.717, 1.165) is 6.29 Å². The van der Waals surface area contributed by atoms with Crippen LogP contribution >= 0.6 is 11.3 Å². The lowest BCUT2D eigenvalue weighted by molar-refractivity contribution is -0.114. The minimum atomic E-state index is -1.18. The topological polar surface area (TPSA) is 64.8 Å². The molecule has 0 spiro atoms. The van der Waals surface area contributed by atoms with Crippen LogP contribution in [0.25, 0.3) is 11.4 Å². The van der Waals surface area contributed by atoms with Crippen LogP contribution in [-0.4, -0.2) is 31.5 Å². The van der Waals surface area contributed by atoms with E-state index in [4.69, 9.17) is 0 Å². The first-order valence-corrected chi connectivity index (χ1v) is 7.74. The van der Waals surface area contributed by atoms with E-state index >= 15 is 0 Å². The molecule has 18 heavy (non-hydrogen) atoms. The van der Waals surface area contributed by atoms with Gasteiger partial charge >= 0.3 is 0 Å². The lowest BCUT2D eigenvalue weighted by Crippen LogP contribution is -2.28. The van der Waals surface area contributed by atoms with Gasteiger partial charge in [-0.3, -0.25) is 8.89 Å². The van der Waals surface area contributed by atoms with Gasteiger partial charge in [-0.05, 0) is 13.8 Å². The zero-order valence-electron chi connectivity index (χ0n) is 10.3. The Hall–Kier alpha value is -1.34. The van der Waals surface area contributed by atoms with Gasteiger partial charge in [-0.15, -0.1) is 11.3 Å². The van der Waals surface area contributed by atoms with E-state index in [1.807, 2.05) is 5.38 Å². The van der Waals surface area contributed by atoms with Crippen LogP contribution in [0.15, 0.2) is 22.0 Å². The Balaban J connectivity index is 2.59. The minimum absolute atomic E-state index is 0.576. The number of carbonyl (C=O) groups is 1. The molecule has 0 aromatic carbocycles. The Kier molecular flexibility index (Phi) is 3.45. The van der Waals surface area contributed by atoms with E-state index in [-0.39, 0.29) is 0 Å². The maximum Gasteiger partial charge on any atom is 0.147 e. The molecule has 2 aromatic heterocycles. The molecule has 1 unspecified atom stereocenters. The number of hydrogen-bond donors (Lipinski definition) is 0. The van der Waals surface area contributed by atoms with Crippen LogP contribution in [-0.2, 0) is 21.1 Å². The van der Waals surface area contributed by atoms with Gasteiger partial charge in [0.2, 0.25) is 0 Å². The second-order valence-electron chi connectivity index (χ2n) is 4.39. The quantitative estimate of drug-likeness (QED) is 0.801. The molecule has 0 bridgehead atoms. The molecule has 0 amide bonds. The first-order chi connectivity index (χ1) is 8.45. The smallest absolute Gasteiger partial charge is 0.147 e. The molecule has 2 rings (SSSR count). The Morgan fingerprint density at radius 3 is 2.72 bits per heavy atom. The molecule has 0 aliphatic heterocycles. The zero-order valence-corrected chi connectivity index (χ0v) is 11.9. The second kappa shape index (κ2) is 4.74. The number of carbonyl (C=O) groups excluding carboxylic acids is 1. The molecular formula is C11H13N3O2S2. The SMILES string of the molecule is CS(=O)c1cn(C(C)(C)C=O)nc1-c1cscn1. The van der Waals surface area contributed by atoms with Crippen molar-refractivity contribution in [2.24, 2.45) is 0 Å². The Morgan fingerprint density at radius 1 is 1.50 bits per heavy atom. The molecule has 0 aliphatic rings. The molecule has 5 nitrogen and oxygen atoms in total. The lowest BCUT2D eigenvalue weighted by atomic mass is 10.1. The third kappa shape index (κ3) is 2.28. The molecule has 96 valence electrons. The van der Waals surface area contributed by atoms with Crippen LogP contribution in [0.5, 0.6) is 0 Å². The van der Waals surface area contributed by atoms with Crippen molar-refractivity contribution in [3.05, 3.63) is 17.1 Å². The summed E-state index contributed by atoms with van der Waals surface area (Å²) in [4.78, 5) is 15.8. The van der Waals surface area contributed by atoms with Crippen molar-refractivity contribution in [3.63, 3.8) is 0 Å². The van der Waals surface area contributed by atoms with Gasteiger partial charge in [-0.1, -0.05) is 0 Å². The lowest BCUT2D eigenvalue weighted by Gasteiger charge is -2.16. The summed E-state index contributed by atoms with van der Waals surface area (Å²) < 4.78 is 13.3. The van der Waals surface area contributed by atoms with Crippen molar-refractivity contribution in [1.82, 2.24) is 14.8 Å². The van der Waals surface area contributed by atoms with Crippen LogP contribution in [0.3, 0.4) is 0 Å². The fourth-order valence-electron chi connectivity index (χ4n) is 1.42. The van der Waals surface area contributed by atoms with E-state index in [9.17, 15) is 9.00 Å². The molecule has 0 N–H and O–H groups in total. The highest BCUT2D eigenvalue weighted by Crippen LogP contribution is 2.26. The van der Waals surface area contributed by atoms with Crippen molar-refractivity contribution in [2.45, 2.75) is 24.3 Å². The van der Waals surface area contributed by atoms with E-state index in [0.29, 0.717) is 16.3 Å². The fraction of sp³-hybridized carbons (Fsp3) is 0.364. The van der Waals surface area contributed by atoms with Gasteiger partial charge in [0.1, 0.15) is 23.2 Å². The predicted octanol–water partition coefficient (Wildman–Crippen LogP) is 1.68. The number of rotatable bonds is 4. The summed E-state index contributed by atoms with van der Waals surface area (Å²) in [5.74, 6) is 0. The van der Waals surface area contributed by atoms with Gasteiger partial charge < -0.3 is 4.79 Å². The Bertz CT molecular complexity index is 587. The number of aromatic nitrogens is 3. The van der Waals surface area contributed by atoms with Crippen molar-refractivity contribution in [2.75, 3.05) is 6.26 Å². The number of thiazole rings is 1. The van der Waals surface area contributed by atoms with Gasteiger partial charge in [-0.2, -0.15) is 5.10 Å². The van der Waals surface area contributed by atoms with Crippen LogP contribution in [0.1, 0.15) is 13.8 Å². The highest BCUT2D eigenvalue weighted by molar-refractivity contribution is 7.84. The maximum atomic E-state index is 11.7. The van der Waals surface area contributed by atoms with Gasteiger partial charge in [0.25, 0.3) is 0 Å². The summed E-state index contributed by atoms with van der Waals surface area (Å²) in [7, 11) is -1.18. The van der Waals surface area contributed by atoms with Crippen molar-refractivity contribution < 1.29 is 9.00 Å². The molecule has 0 aliphatic carbocycles. The van der Waals surface area contributed by atoms with Gasteiger partial charge in [-0.25, -0.2) is 4.98 Å². The standard InChI is InChI=1S/C11H13N3O2S2/c1-11(2,6-15)14-4-9(18(3)16)10(13-14)8-5-17-7-12-8/h4-7H,1-3H3. The monoisotopic (exact) mass is 283 g/mol. The first-order valence-electron chi connectivity index (χ1n) is 5.24. The average molecular weight is 283 g/mol. The highest BCUT2D eigenvalue weighted by Gasteiger charge is 2.24. The normalized spacial score (nSPS) is 13.5. The number of aldehydes is 1. The van der Waals surface area contributed by atoms with Crippen LogP contribution in [0.2, 0.25) is 0 Å². The maximum absolute atomic E-state index is 11.7. The highest BCUT2D eigenvalue weighted by atomic mass is 32.2. The summed E-state index contributed by atoms with van der Waals surface area (Å²) in [6.07, 6.45) is 4.05. The van der Waals surface area contributed by atoms with E-state index in [1.54, 1.807) is 31.8 Å². The third-order valence-corrected chi connectivity index (χ3v) is 4.05. The molecule has 0 saturated heterocycles. The van der Waals surface area contributed by atoms with Gasteiger partial charge in [0, 0.05) is 17.8 Å². The third-order valence-electron chi connectivity index (χ3n) is 2.54. The fourth-order valence-corrected chi connectivity index (χ4v) is 2.63. The van der Waals surface area contributed by atoms with E-state index in [2.05, 4.69) is 10.1 Å². The predicted molar refractivity (Wildman–Crippen MR) is 71.1 cm³/mol. The minimum Gasteiger partial charge on any atom is -0.301 e. The number of hydrogen-bond acceptors (Lipinski definition) is 5. The van der Waals surface area contributed by atoms with Crippen LogP contribution in [0.4, 0.5) is 0 Å². The van der Waals surface area contributed by atoms with Gasteiger partial charge in [0.05, 0.1) is 21.2 Å². The van der Waals surface area contributed by atoms with Crippen molar-refractivity contribution >= 4 is 28.4 Å². The van der Waals surface area contributed by atoms with Crippen molar-refractivity contribution in [1.29, 1.82) is 0 Å². The van der Waals surface area contributed by atoms with Crippen LogP contribution < -0.4 is 0 Å². The van der Waals surface area contributed by atoms with Crippen LogP contribution in [0, 0.1) is 0 Å². The summed E-state index contributed by atoms with van der Waals surface area (Å²) in [6.45, 7) is 3.50. The molecule has 7 heteroatoms. The summed E-state index contributed by atoms with van der Waals surface area (Å²) in [5, 5.41) is 6.20. The van der Waals surface area contributed by atoms with E-state index < -0.39 is 16.3 Å². The molecule has 0 radical (unpaired) electrons. The van der Waals surface area contributed by atoms with Crippen molar-refractivity contribution in [3.8, 4) is 11.4 Å². The van der Waals surface area contributed by atoms with E-state index in [1.165, 1.54) is 16.0 Å². The first kappa shape index (κ1) is 13.1. The molecule has 1 atom stereocenters. The Labute approximate surface area is 111 Å². The molecule has 2 heterocycles. The largest absolute Gasteiger partial charge is 0.301 e. The second-order valence-corrected chi connectivity index (χ2v) is 6.45. The zero-order chi connectivity index (χ0) is 13.3. The molecule has 2 aromatic rings. The van der Waals surface area contributed by atoms with Gasteiger partial charge in [0.15, 0.2) is 0 Å². The summed E-state index contributed by atoms with van der Waals surface area (Å²) in [6, 6.07) is 0. The average Bonchev–Trinajstić information content (AvgIpc) is 2.97. The summed E-state index contributed by atoms with van der Waals surface area (Å²) >= 11 is 1.45. The molecule has 0 fully saturated rings. The molecular weight excluding hydrogens is 270 g/mol. The summed E-state index contributed by atoms with van der Waals surface area (Å²) in [5.41, 5.74) is 2.20.